The number of nitrogens with zero attached hydrogens (tertiary/aromatic N) is 4. The molecule has 7 heteroatoms. The van der Waals surface area contributed by atoms with Crippen LogP contribution in [0.1, 0.15) is 0 Å². The predicted molar refractivity (Wildman–Crippen MR) is 96.4 cm³/mol. The van der Waals surface area contributed by atoms with Gasteiger partial charge in [0.25, 0.3) is 0 Å². The first-order chi connectivity index (χ1) is 11.8. The average molecular weight is 352 g/mol. The van der Waals surface area contributed by atoms with Crippen LogP contribution in [0.25, 0.3) is 38.0 Å². The lowest BCUT2D eigenvalue weighted by molar-refractivity contribution is 0.965. The van der Waals surface area contributed by atoms with Gasteiger partial charge in [0.1, 0.15) is 5.01 Å². The molecule has 3 aromatic heterocycles. The second kappa shape index (κ2) is 5.15. The molecule has 0 radical (unpaired) electrons. The number of para-hydroxylation sites is 1. The molecule has 116 valence electrons. The summed E-state index contributed by atoms with van der Waals surface area (Å²) >= 11 is 7.56. The van der Waals surface area contributed by atoms with E-state index in [-0.39, 0.29) is 0 Å². The van der Waals surface area contributed by atoms with E-state index in [1.165, 1.54) is 11.3 Å². The van der Waals surface area contributed by atoms with Crippen molar-refractivity contribution in [1.82, 2.24) is 24.8 Å². The fraction of sp³-hybridized carbons (Fsp3) is 0. The van der Waals surface area contributed by atoms with Gasteiger partial charge in [-0.05, 0) is 24.3 Å². The first kappa shape index (κ1) is 13.7. The van der Waals surface area contributed by atoms with E-state index in [1.54, 1.807) is 4.52 Å². The van der Waals surface area contributed by atoms with Gasteiger partial charge in [-0.1, -0.05) is 53.3 Å². The van der Waals surface area contributed by atoms with Crippen LogP contribution in [-0.2, 0) is 0 Å². The maximum Gasteiger partial charge on any atom is 0.235 e. The standard InChI is InChI=1S/C17H10ClN5S/c18-12-6-3-5-11(8-12)16-22-23-15(20-21-17(23)24-16)14-9-10-4-1-2-7-13(10)19-14/h1-9,19H. The van der Waals surface area contributed by atoms with E-state index >= 15 is 0 Å². The number of hydrogen-bond donors (Lipinski definition) is 1. The van der Waals surface area contributed by atoms with Gasteiger partial charge < -0.3 is 4.98 Å². The summed E-state index contributed by atoms with van der Waals surface area (Å²) in [7, 11) is 0. The number of halogens is 1. The molecule has 0 unspecified atom stereocenters. The Kier molecular flexibility index (Phi) is 2.95. The maximum absolute atomic E-state index is 6.08. The molecule has 0 bridgehead atoms. The van der Waals surface area contributed by atoms with E-state index in [2.05, 4.69) is 32.4 Å². The normalized spacial score (nSPS) is 11.5. The summed E-state index contributed by atoms with van der Waals surface area (Å²) in [4.78, 5) is 4.12. The van der Waals surface area contributed by atoms with Gasteiger partial charge in [0.05, 0.1) is 5.69 Å². The molecule has 2 aromatic carbocycles. The third kappa shape index (κ3) is 2.11. The van der Waals surface area contributed by atoms with Gasteiger partial charge in [-0.2, -0.15) is 9.61 Å². The Balaban J connectivity index is 1.67. The summed E-state index contributed by atoms with van der Waals surface area (Å²) in [5.74, 6) is 0.700. The Hall–Kier alpha value is -2.70. The monoisotopic (exact) mass is 351 g/mol. The van der Waals surface area contributed by atoms with Crippen LogP contribution < -0.4 is 0 Å². The molecular formula is C17H10ClN5S. The van der Waals surface area contributed by atoms with Crippen molar-refractivity contribution >= 4 is 38.8 Å². The highest BCUT2D eigenvalue weighted by atomic mass is 35.5. The molecular weight excluding hydrogens is 342 g/mol. The fourth-order valence-corrected chi connectivity index (χ4v) is 3.74. The first-order valence-electron chi connectivity index (χ1n) is 7.34. The smallest absolute Gasteiger partial charge is 0.235 e. The average Bonchev–Trinajstić information content (AvgIpc) is 3.27. The number of benzene rings is 2. The van der Waals surface area contributed by atoms with Crippen molar-refractivity contribution in [2.75, 3.05) is 0 Å². The quantitative estimate of drug-likeness (QED) is 0.503. The van der Waals surface area contributed by atoms with E-state index in [4.69, 9.17) is 11.6 Å². The van der Waals surface area contributed by atoms with Crippen LogP contribution >= 0.6 is 22.9 Å². The molecule has 1 N–H and O–H groups in total. The maximum atomic E-state index is 6.08. The lowest BCUT2D eigenvalue weighted by Gasteiger charge is -1.96. The SMILES string of the molecule is Clc1cccc(-c2nn3c(-c4cc5ccccc5[nH]4)nnc3s2)c1. The summed E-state index contributed by atoms with van der Waals surface area (Å²) in [6, 6.07) is 17.8. The van der Waals surface area contributed by atoms with Crippen LogP contribution in [0.15, 0.2) is 54.6 Å². The molecule has 0 saturated carbocycles. The largest absolute Gasteiger partial charge is 0.352 e. The van der Waals surface area contributed by atoms with Gasteiger partial charge in [-0.15, -0.1) is 10.2 Å². The zero-order valence-corrected chi connectivity index (χ0v) is 13.8. The lowest BCUT2D eigenvalue weighted by Crippen LogP contribution is -1.91. The van der Waals surface area contributed by atoms with Crippen molar-refractivity contribution in [2.24, 2.45) is 0 Å². The molecule has 5 nitrogen and oxygen atoms in total. The number of hydrogen-bond acceptors (Lipinski definition) is 4. The van der Waals surface area contributed by atoms with E-state index in [0.29, 0.717) is 10.8 Å². The van der Waals surface area contributed by atoms with Crippen LogP contribution in [0, 0.1) is 0 Å². The lowest BCUT2D eigenvalue weighted by atomic mass is 10.2. The van der Waals surface area contributed by atoms with Crippen LogP contribution in [0.2, 0.25) is 5.02 Å². The summed E-state index contributed by atoms with van der Waals surface area (Å²) in [6.45, 7) is 0. The number of rotatable bonds is 2. The Morgan fingerprint density at radius 2 is 1.92 bits per heavy atom. The third-order valence-electron chi connectivity index (χ3n) is 3.83. The minimum Gasteiger partial charge on any atom is -0.352 e. The number of fused-ring (bicyclic) bond motifs is 2. The molecule has 0 saturated heterocycles. The second-order valence-electron chi connectivity index (χ2n) is 5.41. The molecule has 0 aliphatic carbocycles. The van der Waals surface area contributed by atoms with Crippen LogP contribution in [-0.4, -0.2) is 24.8 Å². The molecule has 0 aliphatic heterocycles. The molecule has 24 heavy (non-hydrogen) atoms. The van der Waals surface area contributed by atoms with Crippen molar-refractivity contribution in [3.05, 3.63) is 59.6 Å². The highest BCUT2D eigenvalue weighted by molar-refractivity contribution is 7.19. The Bertz CT molecular complexity index is 1150. The summed E-state index contributed by atoms with van der Waals surface area (Å²) in [6.07, 6.45) is 0. The minimum absolute atomic E-state index is 0.689. The van der Waals surface area contributed by atoms with Crippen molar-refractivity contribution in [3.63, 3.8) is 0 Å². The van der Waals surface area contributed by atoms with E-state index in [0.717, 1.165) is 32.1 Å². The van der Waals surface area contributed by atoms with Crippen molar-refractivity contribution < 1.29 is 0 Å². The van der Waals surface area contributed by atoms with Crippen molar-refractivity contribution in [2.45, 2.75) is 0 Å². The van der Waals surface area contributed by atoms with Gasteiger partial charge in [0.2, 0.25) is 10.8 Å². The highest BCUT2D eigenvalue weighted by Crippen LogP contribution is 2.30. The summed E-state index contributed by atoms with van der Waals surface area (Å²) < 4.78 is 1.77. The number of H-pyrrole nitrogens is 1. The van der Waals surface area contributed by atoms with E-state index in [9.17, 15) is 0 Å². The minimum atomic E-state index is 0.689. The van der Waals surface area contributed by atoms with Gasteiger partial charge >= 0.3 is 0 Å². The Morgan fingerprint density at radius 1 is 1.00 bits per heavy atom. The molecule has 0 aliphatic rings. The highest BCUT2D eigenvalue weighted by Gasteiger charge is 2.16. The number of aromatic nitrogens is 5. The summed E-state index contributed by atoms with van der Waals surface area (Å²) in [5, 5.41) is 15.9. The van der Waals surface area contributed by atoms with Crippen LogP contribution in [0.3, 0.4) is 0 Å². The van der Waals surface area contributed by atoms with E-state index < -0.39 is 0 Å². The molecule has 3 heterocycles. The zero-order chi connectivity index (χ0) is 16.1. The zero-order valence-electron chi connectivity index (χ0n) is 12.3. The van der Waals surface area contributed by atoms with Gasteiger partial charge in [0.15, 0.2) is 0 Å². The molecule has 5 rings (SSSR count). The van der Waals surface area contributed by atoms with Gasteiger partial charge in [0, 0.05) is 21.5 Å². The van der Waals surface area contributed by atoms with Gasteiger partial charge in [-0.3, -0.25) is 0 Å². The van der Waals surface area contributed by atoms with Gasteiger partial charge in [-0.25, -0.2) is 0 Å². The van der Waals surface area contributed by atoms with Crippen LogP contribution in [0.4, 0.5) is 0 Å². The molecule has 0 amide bonds. The van der Waals surface area contributed by atoms with Crippen molar-refractivity contribution in [3.8, 4) is 22.1 Å². The summed E-state index contributed by atoms with van der Waals surface area (Å²) in [5.41, 5.74) is 2.93. The number of aromatic amines is 1. The molecule has 0 atom stereocenters. The first-order valence-corrected chi connectivity index (χ1v) is 8.54. The van der Waals surface area contributed by atoms with Crippen molar-refractivity contribution in [1.29, 1.82) is 0 Å². The molecule has 0 spiro atoms. The Morgan fingerprint density at radius 3 is 2.79 bits per heavy atom. The van der Waals surface area contributed by atoms with E-state index in [1.807, 2.05) is 42.5 Å². The second-order valence-corrected chi connectivity index (χ2v) is 6.80. The molecule has 5 aromatic rings. The predicted octanol–water partition coefficient (Wildman–Crippen LogP) is 4.65. The molecule has 0 fully saturated rings. The van der Waals surface area contributed by atoms with Crippen LogP contribution in [0.5, 0.6) is 0 Å². The Labute approximate surface area is 145 Å². The topological polar surface area (TPSA) is 58.9 Å². The number of nitrogens with one attached hydrogen (secondary N) is 1. The fourth-order valence-electron chi connectivity index (χ4n) is 2.72. The third-order valence-corrected chi connectivity index (χ3v) is 5.02.